The van der Waals surface area contributed by atoms with E-state index in [4.69, 9.17) is 0 Å². The molecule has 0 saturated heterocycles. The summed E-state index contributed by atoms with van der Waals surface area (Å²) in [6, 6.07) is 0. The molecule has 5 heavy (non-hydrogen) atoms. The van der Waals surface area contributed by atoms with Crippen LogP contribution in [-0.2, 0) is 0 Å². The van der Waals surface area contributed by atoms with Crippen molar-refractivity contribution in [1.82, 2.24) is 0 Å². The molecule has 0 spiro atoms. The topological polar surface area (TPSA) is 12.4 Å². The summed E-state index contributed by atoms with van der Waals surface area (Å²) in [7, 11) is 0. The molecule has 0 fully saturated rings. The van der Waals surface area contributed by atoms with E-state index in [0.29, 0.717) is 0 Å². The molecule has 0 aromatic rings. The fraction of sp³-hybridized carbons (Fsp3) is 0. The molecule has 1 nitrogen and oxygen atoms in total. The van der Waals surface area contributed by atoms with Gasteiger partial charge in [-0.15, -0.1) is 0 Å². The molecule has 2 heteroatoms. The molecule has 0 N–H and O–H groups in total. The molecule has 0 aromatic heterocycles. The first kappa shape index (κ1) is 3.33. The predicted octanol–water partition coefficient (Wildman–Crippen LogP) is 1.20. The van der Waals surface area contributed by atoms with E-state index in [1.807, 2.05) is 12.3 Å². The van der Waals surface area contributed by atoms with Gasteiger partial charge in [-0.1, -0.05) is 0 Å². The Morgan fingerprint density at radius 1 is 1.60 bits per heavy atom. The van der Waals surface area contributed by atoms with Crippen LogP contribution in [0.1, 0.15) is 0 Å². The van der Waals surface area contributed by atoms with Crippen molar-refractivity contribution < 1.29 is 0 Å². The van der Waals surface area contributed by atoms with Crippen LogP contribution in [-0.4, -0.2) is 6.21 Å². The Morgan fingerprint density at radius 2 is 2.60 bits per heavy atom. The fourth-order valence-electron chi connectivity index (χ4n) is 0.176. The molecule has 28 valence electrons. The van der Waals surface area contributed by atoms with Crippen LogP contribution in [0.4, 0.5) is 0 Å². The van der Waals surface area contributed by atoms with Crippen LogP contribution in [0.5, 0.6) is 0 Å². The molecule has 1 rings (SSSR count). The Labute approximate surface area is 41.4 Å². The summed E-state index contributed by atoms with van der Waals surface area (Å²) in [6.07, 6.45) is 3.87. The van der Waals surface area contributed by atoms with Gasteiger partial charge in [0.15, 0.2) is 0 Å². The van der Waals surface area contributed by atoms with Gasteiger partial charge in [0.1, 0.15) is 0 Å². The monoisotopic (exact) mass is 181 g/mol. The van der Waals surface area contributed by atoms with Crippen molar-refractivity contribution in [3.05, 3.63) is 10.2 Å². The second-order valence-corrected chi connectivity index (χ2v) is 2.67. The van der Waals surface area contributed by atoms with Crippen LogP contribution < -0.4 is 0 Å². The van der Waals surface area contributed by atoms with E-state index in [1.54, 1.807) is 0 Å². The van der Waals surface area contributed by atoms with E-state index in [-0.39, 0.29) is 21.5 Å². The van der Waals surface area contributed by atoms with Crippen LogP contribution in [0, 0.1) is 0 Å². The van der Waals surface area contributed by atoms with Crippen molar-refractivity contribution in [3.8, 4) is 0 Å². The molecular formula is C3H4IN. The molecule has 0 atom stereocenters. The third kappa shape index (κ3) is 0.718. The minimum absolute atomic E-state index is 0.00667. The molecule has 1 aliphatic heterocycles. The number of hydrogen-bond acceptors (Lipinski definition) is 1. The summed E-state index contributed by atoms with van der Waals surface area (Å²) in [6.45, 7) is 0. The maximum atomic E-state index is 3.98. The molecular weight excluding hydrogens is 177 g/mol. The molecule has 0 bridgehead atoms. The van der Waals surface area contributed by atoms with Gasteiger partial charge < -0.3 is 0 Å². The van der Waals surface area contributed by atoms with Gasteiger partial charge in [0, 0.05) is 0 Å². The summed E-state index contributed by atoms with van der Waals surface area (Å²) < 4.78 is 6.12. The average Bonchev–Trinajstić information content (AvgIpc) is 1.76. The maximum absolute atomic E-state index is 3.98. The molecule has 0 saturated carbocycles. The molecule has 0 aliphatic carbocycles. The van der Waals surface area contributed by atoms with E-state index in [1.165, 1.54) is 0 Å². The minimum atomic E-state index is -0.00667. The predicted molar refractivity (Wildman–Crippen MR) is 33.0 cm³/mol. The summed E-state index contributed by atoms with van der Waals surface area (Å²) >= 11 is -0.00667. The summed E-state index contributed by atoms with van der Waals surface area (Å²) in [5.74, 6) is 0. The van der Waals surface area contributed by atoms with Crippen molar-refractivity contribution in [2.24, 2.45) is 3.21 Å². The van der Waals surface area contributed by atoms with E-state index in [0.717, 1.165) is 0 Å². The Hall–Kier alpha value is 0.140. The molecule has 0 aromatic carbocycles. The van der Waals surface area contributed by atoms with Crippen molar-refractivity contribution in [2.45, 2.75) is 0 Å². The molecule has 1 aliphatic rings. The van der Waals surface area contributed by atoms with Crippen molar-refractivity contribution in [1.29, 1.82) is 0 Å². The molecule has 0 amide bonds. The van der Waals surface area contributed by atoms with Crippen LogP contribution in [0.3, 0.4) is 0 Å². The Balaban J connectivity index is 2.61. The molecule has 0 unspecified atom stereocenters. The second-order valence-electron chi connectivity index (χ2n) is 0.688. The number of nitrogens with zero attached hydrogens (tertiary/aromatic N) is 1. The summed E-state index contributed by atoms with van der Waals surface area (Å²) in [5.41, 5.74) is 0. The van der Waals surface area contributed by atoms with Gasteiger partial charge >= 0.3 is 41.1 Å². The fourth-order valence-corrected chi connectivity index (χ4v) is 1.18. The Kier molecular flexibility index (Phi) is 1.03. The van der Waals surface area contributed by atoms with Gasteiger partial charge in [0.05, 0.1) is 0 Å². The number of hydrogen-bond donors (Lipinski definition) is 0. The third-order valence-electron chi connectivity index (χ3n) is 0.347. The van der Waals surface area contributed by atoms with Crippen LogP contribution >= 0.6 is 21.5 Å². The van der Waals surface area contributed by atoms with Crippen LogP contribution in [0.25, 0.3) is 0 Å². The first-order valence-electron chi connectivity index (χ1n) is 1.34. The summed E-state index contributed by atoms with van der Waals surface area (Å²) in [4.78, 5) is 0. The SMILES string of the molecule is C1=C[IH]N=C1. The average molecular weight is 181 g/mol. The van der Waals surface area contributed by atoms with E-state index in [2.05, 4.69) is 7.29 Å². The van der Waals surface area contributed by atoms with Gasteiger partial charge in [-0.25, -0.2) is 0 Å². The van der Waals surface area contributed by atoms with Crippen LogP contribution in [0.15, 0.2) is 13.4 Å². The normalized spacial score (nSPS) is 19.2. The van der Waals surface area contributed by atoms with Crippen molar-refractivity contribution >= 4 is 27.7 Å². The van der Waals surface area contributed by atoms with Gasteiger partial charge in [-0.2, -0.15) is 0 Å². The number of rotatable bonds is 0. The standard InChI is InChI=1S/C3H4IN/c1-2-4-5-3-1/h1-4H. The quantitative estimate of drug-likeness (QED) is 0.498. The third-order valence-corrected chi connectivity index (χ3v) is 1.84. The van der Waals surface area contributed by atoms with Crippen molar-refractivity contribution in [2.75, 3.05) is 0 Å². The first-order valence-corrected chi connectivity index (χ1v) is 3.73. The first-order chi connectivity index (χ1) is 2.50. The number of allylic oxidation sites excluding steroid dienone is 1. The van der Waals surface area contributed by atoms with Gasteiger partial charge in [0.25, 0.3) is 0 Å². The van der Waals surface area contributed by atoms with Crippen LogP contribution in [0.2, 0.25) is 0 Å². The Morgan fingerprint density at radius 3 is 2.80 bits per heavy atom. The van der Waals surface area contributed by atoms with Gasteiger partial charge in [0.2, 0.25) is 0 Å². The zero-order valence-corrected chi connectivity index (χ0v) is 4.92. The zero-order chi connectivity index (χ0) is 3.54. The van der Waals surface area contributed by atoms with Gasteiger partial charge in [-0.3, -0.25) is 0 Å². The summed E-state index contributed by atoms with van der Waals surface area (Å²) in [5, 5.41) is 0. The van der Waals surface area contributed by atoms with Crippen molar-refractivity contribution in [3.63, 3.8) is 0 Å². The Bertz CT molecular complexity index is 65.0. The molecule has 1 heterocycles. The van der Waals surface area contributed by atoms with Gasteiger partial charge in [-0.05, 0) is 0 Å². The van der Waals surface area contributed by atoms with E-state index >= 15 is 0 Å². The molecule has 0 radical (unpaired) electrons. The van der Waals surface area contributed by atoms with E-state index in [9.17, 15) is 0 Å². The van der Waals surface area contributed by atoms with E-state index < -0.39 is 0 Å². The number of halogens is 1. The zero-order valence-electron chi connectivity index (χ0n) is 2.59. The second kappa shape index (κ2) is 1.55.